The van der Waals surface area contributed by atoms with Gasteiger partial charge in [-0.25, -0.2) is 0 Å². The summed E-state index contributed by atoms with van der Waals surface area (Å²) in [6.45, 7) is 4.82. The molecule has 1 aromatic carbocycles. The van der Waals surface area contributed by atoms with Gasteiger partial charge in [0.05, 0.1) is 25.0 Å². The third kappa shape index (κ3) is 3.01. The number of rotatable bonds is 4. The lowest BCUT2D eigenvalue weighted by Crippen LogP contribution is -2.04. The summed E-state index contributed by atoms with van der Waals surface area (Å²) in [5.74, 6) is 0.839. The zero-order chi connectivity index (χ0) is 15.5. The Kier molecular flexibility index (Phi) is 3.92. The van der Waals surface area contributed by atoms with Crippen LogP contribution in [0.15, 0.2) is 48.7 Å². The van der Waals surface area contributed by atoms with Gasteiger partial charge in [0, 0.05) is 17.5 Å². The third-order valence-corrected chi connectivity index (χ3v) is 3.63. The predicted molar refractivity (Wildman–Crippen MR) is 87.0 cm³/mol. The highest BCUT2D eigenvalue weighted by molar-refractivity contribution is 5.61. The van der Waals surface area contributed by atoms with E-state index in [9.17, 15) is 0 Å². The first-order valence-corrected chi connectivity index (χ1v) is 7.26. The molecule has 0 amide bonds. The molecule has 3 aromatic rings. The molecule has 112 valence electrons. The molecule has 0 spiro atoms. The van der Waals surface area contributed by atoms with Crippen molar-refractivity contribution in [1.29, 1.82) is 0 Å². The fourth-order valence-corrected chi connectivity index (χ4v) is 2.48. The quantitative estimate of drug-likeness (QED) is 0.737. The van der Waals surface area contributed by atoms with E-state index in [-0.39, 0.29) is 0 Å². The molecule has 0 radical (unpaired) electrons. The number of nitrogens with zero attached hydrogens (tertiary/aromatic N) is 3. The minimum Gasteiger partial charge on any atom is -0.497 e. The first-order chi connectivity index (χ1) is 10.7. The van der Waals surface area contributed by atoms with Gasteiger partial charge in [-0.1, -0.05) is 18.2 Å². The van der Waals surface area contributed by atoms with Gasteiger partial charge in [-0.05, 0) is 43.7 Å². The molecule has 0 unspecified atom stereocenters. The molecule has 2 aromatic heterocycles. The van der Waals surface area contributed by atoms with Gasteiger partial charge in [-0.3, -0.25) is 9.67 Å². The van der Waals surface area contributed by atoms with Gasteiger partial charge in [0.15, 0.2) is 0 Å². The lowest BCUT2D eigenvalue weighted by molar-refractivity contribution is 0.415. The van der Waals surface area contributed by atoms with Gasteiger partial charge in [0.25, 0.3) is 0 Å². The van der Waals surface area contributed by atoms with Crippen LogP contribution < -0.4 is 4.74 Å². The van der Waals surface area contributed by atoms with Crippen molar-refractivity contribution in [3.63, 3.8) is 0 Å². The Balaban J connectivity index is 1.81. The summed E-state index contributed by atoms with van der Waals surface area (Å²) >= 11 is 0. The molecule has 0 fully saturated rings. The van der Waals surface area contributed by atoms with Crippen molar-refractivity contribution in [2.45, 2.75) is 20.4 Å². The van der Waals surface area contributed by atoms with Crippen molar-refractivity contribution in [1.82, 2.24) is 14.8 Å². The number of ether oxygens (including phenoxy) is 1. The number of aromatic nitrogens is 3. The van der Waals surface area contributed by atoms with E-state index in [1.54, 1.807) is 7.11 Å². The Morgan fingerprint density at radius 2 is 1.95 bits per heavy atom. The van der Waals surface area contributed by atoms with E-state index in [2.05, 4.69) is 29.1 Å². The SMILES string of the molecule is COc1cccc(-c2ccc(Cn3nc(C)cc3C)cn2)c1. The second-order valence-electron chi connectivity index (χ2n) is 5.37. The van der Waals surface area contributed by atoms with Gasteiger partial charge in [0.1, 0.15) is 5.75 Å². The monoisotopic (exact) mass is 293 g/mol. The van der Waals surface area contributed by atoms with Crippen LogP contribution in [0.2, 0.25) is 0 Å². The Labute approximate surface area is 130 Å². The van der Waals surface area contributed by atoms with Gasteiger partial charge in [-0.15, -0.1) is 0 Å². The molecule has 0 aliphatic heterocycles. The summed E-state index contributed by atoms with van der Waals surface area (Å²) in [5, 5.41) is 4.48. The highest BCUT2D eigenvalue weighted by atomic mass is 16.5. The molecule has 0 bridgehead atoms. The standard InChI is InChI=1S/C18H19N3O/c1-13-9-14(2)21(20-13)12-15-7-8-18(19-11-15)16-5-4-6-17(10-16)22-3/h4-11H,12H2,1-3H3. The molecule has 3 rings (SSSR count). The minimum absolute atomic E-state index is 0.741. The van der Waals surface area contributed by atoms with Crippen LogP contribution >= 0.6 is 0 Å². The van der Waals surface area contributed by atoms with Crippen LogP contribution in [-0.4, -0.2) is 21.9 Å². The van der Waals surface area contributed by atoms with Crippen LogP contribution in [-0.2, 0) is 6.54 Å². The van der Waals surface area contributed by atoms with E-state index < -0.39 is 0 Å². The van der Waals surface area contributed by atoms with Gasteiger partial charge in [-0.2, -0.15) is 5.10 Å². The predicted octanol–water partition coefficient (Wildman–Crippen LogP) is 3.62. The Bertz CT molecular complexity index is 775. The number of methoxy groups -OCH3 is 1. The van der Waals surface area contributed by atoms with Crippen molar-refractivity contribution >= 4 is 0 Å². The summed E-state index contributed by atoms with van der Waals surface area (Å²) in [5.41, 5.74) is 5.33. The molecule has 0 saturated carbocycles. The molecule has 0 atom stereocenters. The van der Waals surface area contributed by atoms with Crippen LogP contribution in [0.4, 0.5) is 0 Å². The van der Waals surface area contributed by atoms with Crippen molar-refractivity contribution in [2.75, 3.05) is 7.11 Å². The lowest BCUT2D eigenvalue weighted by Gasteiger charge is -2.07. The molecule has 0 saturated heterocycles. The average molecular weight is 293 g/mol. The molecule has 22 heavy (non-hydrogen) atoms. The lowest BCUT2D eigenvalue weighted by atomic mass is 10.1. The summed E-state index contributed by atoms with van der Waals surface area (Å²) in [6.07, 6.45) is 1.91. The molecule has 0 aliphatic carbocycles. The van der Waals surface area contributed by atoms with Gasteiger partial charge >= 0.3 is 0 Å². The molecule has 0 aliphatic rings. The van der Waals surface area contributed by atoms with E-state index in [1.807, 2.05) is 48.1 Å². The highest BCUT2D eigenvalue weighted by Gasteiger charge is 2.04. The zero-order valence-electron chi connectivity index (χ0n) is 13.1. The number of hydrogen-bond acceptors (Lipinski definition) is 3. The number of benzene rings is 1. The molecule has 0 N–H and O–H groups in total. The first kappa shape index (κ1) is 14.3. The van der Waals surface area contributed by atoms with Crippen LogP contribution in [0.25, 0.3) is 11.3 Å². The van der Waals surface area contributed by atoms with Crippen LogP contribution in [0, 0.1) is 13.8 Å². The van der Waals surface area contributed by atoms with Crippen molar-refractivity contribution in [2.24, 2.45) is 0 Å². The van der Waals surface area contributed by atoms with Crippen molar-refractivity contribution in [3.8, 4) is 17.0 Å². The highest BCUT2D eigenvalue weighted by Crippen LogP contribution is 2.22. The van der Waals surface area contributed by atoms with E-state index >= 15 is 0 Å². The summed E-state index contributed by atoms with van der Waals surface area (Å²) in [6, 6.07) is 14.1. The maximum absolute atomic E-state index is 5.26. The minimum atomic E-state index is 0.741. The third-order valence-electron chi connectivity index (χ3n) is 3.63. The molecular formula is C18H19N3O. The molecular weight excluding hydrogens is 274 g/mol. The molecule has 4 heteroatoms. The normalized spacial score (nSPS) is 10.7. The van der Waals surface area contributed by atoms with E-state index in [4.69, 9.17) is 4.74 Å². The van der Waals surface area contributed by atoms with Crippen LogP contribution in [0.1, 0.15) is 17.0 Å². The number of hydrogen-bond donors (Lipinski definition) is 0. The van der Waals surface area contributed by atoms with Crippen LogP contribution in [0.3, 0.4) is 0 Å². The van der Waals surface area contributed by atoms with E-state index in [1.165, 1.54) is 0 Å². The van der Waals surface area contributed by atoms with E-state index in [0.717, 1.165) is 40.5 Å². The number of pyridine rings is 1. The summed E-state index contributed by atoms with van der Waals surface area (Å²) < 4.78 is 7.25. The summed E-state index contributed by atoms with van der Waals surface area (Å²) in [4.78, 5) is 4.56. The molecule has 4 nitrogen and oxygen atoms in total. The largest absolute Gasteiger partial charge is 0.497 e. The smallest absolute Gasteiger partial charge is 0.119 e. The second-order valence-corrected chi connectivity index (χ2v) is 5.37. The summed E-state index contributed by atoms with van der Waals surface area (Å²) in [7, 11) is 1.67. The van der Waals surface area contributed by atoms with Gasteiger partial charge < -0.3 is 4.74 Å². The van der Waals surface area contributed by atoms with Gasteiger partial charge in [0.2, 0.25) is 0 Å². The van der Waals surface area contributed by atoms with Crippen molar-refractivity contribution in [3.05, 3.63) is 65.6 Å². The maximum atomic E-state index is 5.26. The van der Waals surface area contributed by atoms with Crippen LogP contribution in [0.5, 0.6) is 5.75 Å². The fourth-order valence-electron chi connectivity index (χ4n) is 2.48. The second kappa shape index (κ2) is 6.02. The maximum Gasteiger partial charge on any atom is 0.119 e. The number of aryl methyl sites for hydroxylation is 2. The Morgan fingerprint density at radius 1 is 1.09 bits per heavy atom. The molecule has 2 heterocycles. The Hall–Kier alpha value is -2.62. The topological polar surface area (TPSA) is 39.9 Å². The fraction of sp³-hybridized carbons (Fsp3) is 0.222. The first-order valence-electron chi connectivity index (χ1n) is 7.26. The average Bonchev–Trinajstić information content (AvgIpc) is 2.86. The Morgan fingerprint density at radius 3 is 2.59 bits per heavy atom. The van der Waals surface area contributed by atoms with Crippen molar-refractivity contribution < 1.29 is 4.74 Å². The van der Waals surface area contributed by atoms with E-state index in [0.29, 0.717) is 0 Å². The zero-order valence-corrected chi connectivity index (χ0v) is 13.1.